The van der Waals surface area contributed by atoms with E-state index in [-0.39, 0.29) is 6.04 Å². The monoisotopic (exact) mass is 336 g/mol. The SMILES string of the molecule is NNC(Cc1ccc(Br)s1)c1ccc(Cl)s1. The number of hydrogen-bond donors (Lipinski definition) is 2. The number of halogens is 2. The molecule has 0 radical (unpaired) electrons. The molecule has 0 fully saturated rings. The van der Waals surface area contributed by atoms with E-state index >= 15 is 0 Å². The van der Waals surface area contributed by atoms with Crippen molar-refractivity contribution < 1.29 is 0 Å². The highest BCUT2D eigenvalue weighted by Gasteiger charge is 2.13. The van der Waals surface area contributed by atoms with Gasteiger partial charge in [0, 0.05) is 16.2 Å². The first kappa shape index (κ1) is 12.5. The van der Waals surface area contributed by atoms with Crippen LogP contribution in [0.5, 0.6) is 0 Å². The third kappa shape index (κ3) is 3.06. The minimum atomic E-state index is 0.128. The second-order valence-corrected chi connectivity index (χ2v) is 7.57. The van der Waals surface area contributed by atoms with E-state index in [2.05, 4.69) is 33.5 Å². The van der Waals surface area contributed by atoms with E-state index < -0.39 is 0 Å². The zero-order valence-electron chi connectivity index (χ0n) is 8.24. The Hall–Kier alpha value is 0.0900. The zero-order valence-corrected chi connectivity index (χ0v) is 12.2. The van der Waals surface area contributed by atoms with Gasteiger partial charge in [-0.05, 0) is 40.2 Å². The fraction of sp³-hybridized carbons (Fsp3) is 0.200. The second kappa shape index (κ2) is 5.62. The normalized spacial score (nSPS) is 12.9. The molecule has 0 aliphatic heterocycles. The molecule has 2 rings (SSSR count). The molecule has 2 heterocycles. The highest BCUT2D eigenvalue weighted by molar-refractivity contribution is 9.11. The highest BCUT2D eigenvalue weighted by Crippen LogP contribution is 2.31. The standard InChI is InChI=1S/C10H10BrClN2S2/c11-9-3-1-6(15-9)5-7(14-13)8-2-4-10(12)16-8/h1-4,7,14H,5,13H2. The molecule has 86 valence electrons. The molecule has 3 N–H and O–H groups in total. The van der Waals surface area contributed by atoms with Gasteiger partial charge in [0.1, 0.15) is 0 Å². The van der Waals surface area contributed by atoms with Crippen molar-refractivity contribution in [1.29, 1.82) is 0 Å². The van der Waals surface area contributed by atoms with Crippen LogP contribution >= 0.6 is 50.2 Å². The Kier molecular flexibility index (Phi) is 4.41. The van der Waals surface area contributed by atoms with Crippen LogP contribution in [0.3, 0.4) is 0 Å². The molecule has 0 saturated heterocycles. The number of thiophene rings is 2. The Morgan fingerprint density at radius 1 is 1.31 bits per heavy atom. The number of nitrogens with one attached hydrogen (secondary N) is 1. The first-order valence-electron chi connectivity index (χ1n) is 4.64. The van der Waals surface area contributed by atoms with Crippen molar-refractivity contribution >= 4 is 50.2 Å². The number of nitrogens with two attached hydrogens (primary N) is 1. The summed E-state index contributed by atoms with van der Waals surface area (Å²) in [5, 5.41) is 0. The van der Waals surface area contributed by atoms with Gasteiger partial charge < -0.3 is 0 Å². The van der Waals surface area contributed by atoms with E-state index in [1.165, 1.54) is 4.88 Å². The molecule has 1 unspecified atom stereocenters. The van der Waals surface area contributed by atoms with Gasteiger partial charge in [0.15, 0.2) is 0 Å². The molecule has 0 saturated carbocycles. The Morgan fingerprint density at radius 2 is 2.12 bits per heavy atom. The summed E-state index contributed by atoms with van der Waals surface area (Å²) in [5.41, 5.74) is 2.83. The van der Waals surface area contributed by atoms with E-state index in [4.69, 9.17) is 17.4 Å². The Labute approximate surface area is 116 Å². The van der Waals surface area contributed by atoms with E-state index in [1.54, 1.807) is 22.7 Å². The molecule has 1 atom stereocenters. The van der Waals surface area contributed by atoms with E-state index in [0.29, 0.717) is 0 Å². The molecule has 0 aliphatic rings. The van der Waals surface area contributed by atoms with Gasteiger partial charge in [-0.15, -0.1) is 22.7 Å². The Morgan fingerprint density at radius 3 is 2.62 bits per heavy atom. The summed E-state index contributed by atoms with van der Waals surface area (Å²) in [4.78, 5) is 2.45. The predicted molar refractivity (Wildman–Crippen MR) is 75.1 cm³/mol. The van der Waals surface area contributed by atoms with Gasteiger partial charge in [-0.3, -0.25) is 11.3 Å². The summed E-state index contributed by atoms with van der Waals surface area (Å²) in [6, 6.07) is 8.20. The maximum atomic E-state index is 5.91. The van der Waals surface area contributed by atoms with Crippen LogP contribution in [-0.2, 0) is 6.42 Å². The molecule has 2 aromatic rings. The molecular formula is C10H10BrClN2S2. The summed E-state index contributed by atoms with van der Waals surface area (Å²) in [6.45, 7) is 0. The molecule has 2 nitrogen and oxygen atoms in total. The largest absolute Gasteiger partial charge is 0.271 e. The van der Waals surface area contributed by atoms with Gasteiger partial charge in [-0.25, -0.2) is 0 Å². The van der Waals surface area contributed by atoms with Crippen molar-refractivity contribution in [1.82, 2.24) is 5.43 Å². The van der Waals surface area contributed by atoms with E-state index in [0.717, 1.165) is 19.4 Å². The molecule has 0 bridgehead atoms. The number of rotatable bonds is 4. The van der Waals surface area contributed by atoms with Crippen LogP contribution in [0.25, 0.3) is 0 Å². The van der Waals surface area contributed by atoms with Crippen LogP contribution in [0.2, 0.25) is 4.34 Å². The highest BCUT2D eigenvalue weighted by atomic mass is 79.9. The van der Waals surface area contributed by atoms with Crippen LogP contribution in [0.15, 0.2) is 28.1 Å². The average molecular weight is 338 g/mol. The van der Waals surface area contributed by atoms with Gasteiger partial charge in [-0.1, -0.05) is 11.6 Å². The van der Waals surface area contributed by atoms with Crippen LogP contribution in [-0.4, -0.2) is 0 Å². The van der Waals surface area contributed by atoms with Crippen molar-refractivity contribution in [3.8, 4) is 0 Å². The fourth-order valence-electron chi connectivity index (χ4n) is 1.42. The van der Waals surface area contributed by atoms with Crippen molar-refractivity contribution in [2.24, 2.45) is 5.84 Å². The topological polar surface area (TPSA) is 38.0 Å². The zero-order chi connectivity index (χ0) is 11.5. The lowest BCUT2D eigenvalue weighted by Gasteiger charge is -2.12. The van der Waals surface area contributed by atoms with E-state index in [1.807, 2.05) is 12.1 Å². The van der Waals surface area contributed by atoms with Crippen LogP contribution in [0, 0.1) is 0 Å². The molecule has 0 amide bonds. The molecule has 16 heavy (non-hydrogen) atoms. The van der Waals surface area contributed by atoms with Crippen molar-refractivity contribution in [3.63, 3.8) is 0 Å². The lowest BCUT2D eigenvalue weighted by molar-refractivity contribution is 0.564. The van der Waals surface area contributed by atoms with Crippen LogP contribution < -0.4 is 11.3 Å². The Bertz CT molecular complexity index is 469. The molecular weight excluding hydrogens is 328 g/mol. The fourth-order valence-corrected chi connectivity index (χ4v) is 4.07. The molecule has 0 aliphatic carbocycles. The third-order valence-corrected chi connectivity index (χ3v) is 5.16. The molecule has 0 spiro atoms. The van der Waals surface area contributed by atoms with Crippen molar-refractivity contribution in [2.45, 2.75) is 12.5 Å². The molecule has 0 aromatic carbocycles. The molecule has 2 aromatic heterocycles. The van der Waals surface area contributed by atoms with Gasteiger partial charge >= 0.3 is 0 Å². The van der Waals surface area contributed by atoms with Crippen molar-refractivity contribution in [3.05, 3.63) is 42.1 Å². The van der Waals surface area contributed by atoms with E-state index in [9.17, 15) is 0 Å². The van der Waals surface area contributed by atoms with Gasteiger partial charge in [-0.2, -0.15) is 0 Å². The lowest BCUT2D eigenvalue weighted by atomic mass is 10.1. The average Bonchev–Trinajstić information content (AvgIpc) is 2.84. The summed E-state index contributed by atoms with van der Waals surface area (Å²) in [6.07, 6.45) is 0.879. The predicted octanol–water partition coefficient (Wildman–Crippen LogP) is 3.97. The van der Waals surface area contributed by atoms with Gasteiger partial charge in [0.05, 0.1) is 14.2 Å². The van der Waals surface area contributed by atoms with Crippen LogP contribution in [0.1, 0.15) is 15.8 Å². The van der Waals surface area contributed by atoms with Crippen LogP contribution in [0.4, 0.5) is 0 Å². The first-order chi connectivity index (χ1) is 7.69. The second-order valence-electron chi connectivity index (χ2n) is 3.27. The summed E-state index contributed by atoms with van der Waals surface area (Å²) >= 11 is 12.7. The smallest absolute Gasteiger partial charge is 0.0931 e. The number of hydrogen-bond acceptors (Lipinski definition) is 4. The maximum absolute atomic E-state index is 5.91. The summed E-state index contributed by atoms with van der Waals surface area (Å²) < 4.78 is 1.94. The maximum Gasteiger partial charge on any atom is 0.0931 e. The third-order valence-electron chi connectivity index (χ3n) is 2.17. The Balaban J connectivity index is 2.12. The lowest BCUT2D eigenvalue weighted by Crippen LogP contribution is -2.28. The minimum absolute atomic E-state index is 0.128. The summed E-state index contributed by atoms with van der Waals surface area (Å²) in [5.74, 6) is 5.58. The van der Waals surface area contributed by atoms with Gasteiger partial charge in [0.25, 0.3) is 0 Å². The number of hydrazine groups is 1. The minimum Gasteiger partial charge on any atom is -0.271 e. The molecule has 6 heteroatoms. The quantitative estimate of drug-likeness (QED) is 0.654. The van der Waals surface area contributed by atoms with Crippen molar-refractivity contribution in [2.75, 3.05) is 0 Å². The first-order valence-corrected chi connectivity index (χ1v) is 7.45. The summed E-state index contributed by atoms with van der Waals surface area (Å²) in [7, 11) is 0. The van der Waals surface area contributed by atoms with Gasteiger partial charge in [0.2, 0.25) is 0 Å².